The summed E-state index contributed by atoms with van der Waals surface area (Å²) in [6.07, 6.45) is 10.8. The minimum Gasteiger partial charge on any atom is -0.394 e. The molecule has 0 bridgehead atoms. The second kappa shape index (κ2) is 8.22. The number of para-hydroxylation sites is 1. The van der Waals surface area contributed by atoms with E-state index in [2.05, 4.69) is 25.6 Å². The molecule has 172 valence electrons. The first kappa shape index (κ1) is 20.8. The second-order valence-corrected chi connectivity index (χ2v) is 8.85. The molecule has 10 nitrogen and oxygen atoms in total. The Morgan fingerprint density at radius 3 is 2.63 bits per heavy atom. The molecule has 0 atom stereocenters. The number of thiophene rings is 1. The monoisotopic (exact) mass is 481 g/mol. The largest absolute Gasteiger partial charge is 0.394 e. The van der Waals surface area contributed by atoms with Gasteiger partial charge in [0.05, 0.1) is 34.8 Å². The zero-order valence-electron chi connectivity index (χ0n) is 18.5. The van der Waals surface area contributed by atoms with Crippen molar-refractivity contribution in [3.63, 3.8) is 0 Å². The number of fused-ring (bicyclic) bond motifs is 1. The topological polar surface area (TPSA) is 121 Å². The number of nitrogens with one attached hydrogen (secondary N) is 1. The van der Waals surface area contributed by atoms with Gasteiger partial charge < -0.3 is 11.1 Å². The summed E-state index contributed by atoms with van der Waals surface area (Å²) in [4.78, 5) is 18.0. The number of rotatable bonds is 5. The summed E-state index contributed by atoms with van der Waals surface area (Å²) >= 11 is 1.33. The van der Waals surface area contributed by atoms with Gasteiger partial charge in [0.25, 0.3) is 5.91 Å². The van der Waals surface area contributed by atoms with E-state index >= 15 is 0 Å². The molecule has 11 heteroatoms. The van der Waals surface area contributed by atoms with Gasteiger partial charge in [-0.3, -0.25) is 9.48 Å². The fourth-order valence-corrected chi connectivity index (χ4v) is 4.56. The molecule has 5 aromatic heterocycles. The van der Waals surface area contributed by atoms with Gasteiger partial charge in [0, 0.05) is 42.3 Å². The summed E-state index contributed by atoms with van der Waals surface area (Å²) in [5.41, 5.74) is 11.6. The Morgan fingerprint density at radius 1 is 1.00 bits per heavy atom. The van der Waals surface area contributed by atoms with E-state index in [0.29, 0.717) is 22.0 Å². The van der Waals surface area contributed by atoms with Crippen LogP contribution in [0.1, 0.15) is 9.67 Å². The van der Waals surface area contributed by atoms with Crippen LogP contribution in [0.15, 0.2) is 79.0 Å². The van der Waals surface area contributed by atoms with Crippen molar-refractivity contribution in [2.45, 2.75) is 0 Å². The van der Waals surface area contributed by atoms with Crippen LogP contribution in [0.25, 0.3) is 33.6 Å². The van der Waals surface area contributed by atoms with Gasteiger partial charge in [-0.2, -0.15) is 10.2 Å². The van der Waals surface area contributed by atoms with Crippen LogP contribution in [0.4, 0.5) is 11.5 Å². The SMILES string of the molecule is Cn1cc(-c2cnc3c(-c4csc(C(=O)Nc5nn(-c6ccccc6)cc5N)c4)cnn3c2)cn1. The van der Waals surface area contributed by atoms with Crippen molar-refractivity contribution >= 4 is 34.4 Å². The number of carbonyl (C=O) groups excluding carboxylic acids is 1. The van der Waals surface area contributed by atoms with Gasteiger partial charge in [0.1, 0.15) is 0 Å². The highest BCUT2D eigenvalue weighted by Crippen LogP contribution is 2.30. The normalized spacial score (nSPS) is 11.2. The molecule has 0 aliphatic carbocycles. The maximum absolute atomic E-state index is 12.9. The lowest BCUT2D eigenvalue weighted by molar-refractivity contribution is 0.103. The van der Waals surface area contributed by atoms with Crippen molar-refractivity contribution in [3.05, 3.63) is 83.8 Å². The van der Waals surface area contributed by atoms with Gasteiger partial charge in [-0.15, -0.1) is 16.4 Å². The van der Waals surface area contributed by atoms with Crippen LogP contribution >= 0.6 is 11.3 Å². The van der Waals surface area contributed by atoms with E-state index in [0.717, 1.165) is 27.9 Å². The number of anilines is 2. The van der Waals surface area contributed by atoms with Crippen LogP contribution in [-0.4, -0.2) is 40.1 Å². The van der Waals surface area contributed by atoms with E-state index in [1.165, 1.54) is 11.3 Å². The number of aromatic nitrogens is 7. The van der Waals surface area contributed by atoms with Crippen molar-refractivity contribution in [2.24, 2.45) is 7.05 Å². The minimum atomic E-state index is -0.283. The fraction of sp³-hybridized carbons (Fsp3) is 0.0417. The van der Waals surface area contributed by atoms with E-state index in [1.807, 2.05) is 61.2 Å². The van der Waals surface area contributed by atoms with Crippen LogP contribution < -0.4 is 11.1 Å². The van der Waals surface area contributed by atoms with Crippen molar-refractivity contribution in [1.82, 2.24) is 34.2 Å². The second-order valence-electron chi connectivity index (χ2n) is 7.94. The predicted molar refractivity (Wildman–Crippen MR) is 134 cm³/mol. The zero-order valence-corrected chi connectivity index (χ0v) is 19.3. The van der Waals surface area contributed by atoms with Crippen molar-refractivity contribution in [2.75, 3.05) is 11.1 Å². The van der Waals surface area contributed by atoms with E-state index < -0.39 is 0 Å². The number of nitrogens with two attached hydrogens (primary N) is 1. The molecular weight excluding hydrogens is 462 g/mol. The molecular formula is C24H19N9OS. The van der Waals surface area contributed by atoms with Crippen LogP contribution in [0.5, 0.6) is 0 Å². The molecule has 6 rings (SSSR count). The van der Waals surface area contributed by atoms with E-state index in [-0.39, 0.29) is 5.91 Å². The lowest BCUT2D eigenvalue weighted by atomic mass is 10.1. The van der Waals surface area contributed by atoms with Gasteiger partial charge in [-0.1, -0.05) is 18.2 Å². The molecule has 0 fully saturated rings. The maximum Gasteiger partial charge on any atom is 0.267 e. The molecule has 0 radical (unpaired) electrons. The first-order valence-electron chi connectivity index (χ1n) is 10.7. The maximum atomic E-state index is 12.9. The highest BCUT2D eigenvalue weighted by Gasteiger charge is 2.17. The molecule has 0 saturated carbocycles. The first-order chi connectivity index (χ1) is 17.0. The third-order valence-corrected chi connectivity index (χ3v) is 6.45. The summed E-state index contributed by atoms with van der Waals surface area (Å²) in [6.45, 7) is 0. The number of nitrogen functional groups attached to an aromatic ring is 1. The number of amides is 1. The molecule has 0 aliphatic rings. The minimum absolute atomic E-state index is 0.283. The summed E-state index contributed by atoms with van der Waals surface area (Å²) in [7, 11) is 1.87. The van der Waals surface area contributed by atoms with Crippen LogP contribution in [0.3, 0.4) is 0 Å². The summed E-state index contributed by atoms with van der Waals surface area (Å²) in [5, 5.41) is 17.8. The Labute approximate surface area is 203 Å². The van der Waals surface area contributed by atoms with Gasteiger partial charge in [0.15, 0.2) is 11.5 Å². The van der Waals surface area contributed by atoms with Crippen molar-refractivity contribution in [1.29, 1.82) is 0 Å². The molecule has 1 amide bonds. The lowest BCUT2D eigenvalue weighted by Crippen LogP contribution is -2.12. The molecule has 5 heterocycles. The molecule has 3 N–H and O–H groups in total. The number of carbonyl (C=O) groups is 1. The van der Waals surface area contributed by atoms with Crippen molar-refractivity contribution < 1.29 is 4.79 Å². The van der Waals surface area contributed by atoms with Gasteiger partial charge in [-0.25, -0.2) is 14.2 Å². The van der Waals surface area contributed by atoms with E-state index in [4.69, 9.17) is 5.73 Å². The molecule has 6 aromatic rings. The average Bonchev–Trinajstić information content (AvgIpc) is 3.66. The quantitative estimate of drug-likeness (QED) is 0.385. The number of hydrogen-bond acceptors (Lipinski definition) is 7. The number of aryl methyl sites for hydroxylation is 1. The van der Waals surface area contributed by atoms with Gasteiger partial charge in [0.2, 0.25) is 0 Å². The highest BCUT2D eigenvalue weighted by atomic mass is 32.1. The molecule has 0 spiro atoms. The number of hydrogen-bond donors (Lipinski definition) is 2. The zero-order chi connectivity index (χ0) is 23.9. The first-order valence-corrected chi connectivity index (χ1v) is 11.6. The van der Waals surface area contributed by atoms with E-state index in [1.54, 1.807) is 38.7 Å². The van der Waals surface area contributed by atoms with Crippen LogP contribution in [0, 0.1) is 0 Å². The van der Waals surface area contributed by atoms with E-state index in [9.17, 15) is 4.79 Å². The molecule has 0 saturated heterocycles. The predicted octanol–water partition coefficient (Wildman–Crippen LogP) is 3.88. The molecule has 1 aromatic carbocycles. The fourth-order valence-electron chi connectivity index (χ4n) is 3.76. The summed E-state index contributed by atoms with van der Waals surface area (Å²) in [5.74, 6) is 0.0314. The average molecular weight is 482 g/mol. The van der Waals surface area contributed by atoms with Gasteiger partial charge >= 0.3 is 0 Å². The summed E-state index contributed by atoms with van der Waals surface area (Å²) < 4.78 is 5.10. The summed E-state index contributed by atoms with van der Waals surface area (Å²) in [6, 6.07) is 11.4. The lowest BCUT2D eigenvalue weighted by Gasteiger charge is -2.01. The Kier molecular flexibility index (Phi) is 4.89. The molecule has 0 unspecified atom stereocenters. The van der Waals surface area contributed by atoms with Gasteiger partial charge in [-0.05, 0) is 29.1 Å². The Bertz CT molecular complexity index is 1680. The Balaban J connectivity index is 1.24. The third kappa shape index (κ3) is 3.83. The smallest absolute Gasteiger partial charge is 0.267 e. The third-order valence-electron chi connectivity index (χ3n) is 5.52. The number of benzene rings is 1. The van der Waals surface area contributed by atoms with Crippen LogP contribution in [-0.2, 0) is 7.05 Å². The molecule has 0 aliphatic heterocycles. The highest BCUT2D eigenvalue weighted by molar-refractivity contribution is 7.12. The molecule has 35 heavy (non-hydrogen) atoms. The number of nitrogens with zero attached hydrogens (tertiary/aromatic N) is 7. The van der Waals surface area contributed by atoms with Crippen molar-refractivity contribution in [3.8, 4) is 27.9 Å². The standard InChI is InChI=1S/C24H19N9OS/c1-31-11-17(9-27-31)16-8-26-23-19(10-28-33(23)12-16)15-7-21(35-14-15)24(34)29-22-20(25)13-32(30-22)18-5-3-2-4-6-18/h2-14H,25H2,1H3,(H,29,30,34). The Morgan fingerprint density at radius 2 is 1.83 bits per heavy atom. The van der Waals surface area contributed by atoms with Crippen LogP contribution in [0.2, 0.25) is 0 Å². The Hall–Kier alpha value is -4.77.